The van der Waals surface area contributed by atoms with E-state index in [9.17, 15) is 9.59 Å². The Balaban J connectivity index is 4.34. The third-order valence-electron chi connectivity index (χ3n) is 2.59. The molecule has 0 aromatic heterocycles. The number of hydrogen-bond donors (Lipinski definition) is 0. The topological polar surface area (TPSA) is 59.1 Å². The van der Waals surface area contributed by atoms with Crippen molar-refractivity contribution in [3.63, 3.8) is 0 Å². The molecule has 6 nitrogen and oxygen atoms in total. The molecule has 0 aliphatic heterocycles. The van der Waals surface area contributed by atoms with E-state index in [-0.39, 0.29) is 25.3 Å². The van der Waals surface area contributed by atoms with Crippen molar-refractivity contribution in [3.05, 3.63) is 0 Å². The molecule has 0 radical (unpaired) electrons. The molecule has 0 unspecified atom stereocenters. The normalized spacial score (nSPS) is 8.73. The first-order chi connectivity index (χ1) is 10.6. The first-order valence-corrected chi connectivity index (χ1v) is 7.39. The zero-order chi connectivity index (χ0) is 16.8. The summed E-state index contributed by atoms with van der Waals surface area (Å²) >= 11 is 0. The van der Waals surface area contributed by atoms with Crippen molar-refractivity contribution in [2.75, 3.05) is 39.4 Å². The molecule has 6 heteroatoms. The maximum Gasteiger partial charge on any atom is 0.410 e. The SMILES string of the molecule is CCOC(=O)N(CC)CC#CC#CCN(CC)C(=O)OCC. The molecule has 22 heavy (non-hydrogen) atoms. The number of carbonyl (C=O) groups is 2. The highest BCUT2D eigenvalue weighted by Crippen LogP contribution is 1.93. The Bertz CT molecular complexity index is 424. The van der Waals surface area contributed by atoms with Crippen LogP contribution in [0, 0.1) is 23.7 Å². The van der Waals surface area contributed by atoms with Gasteiger partial charge in [0.25, 0.3) is 0 Å². The number of ether oxygens (including phenoxy) is 2. The second kappa shape index (κ2) is 12.4. The van der Waals surface area contributed by atoms with Gasteiger partial charge >= 0.3 is 12.2 Å². The quantitative estimate of drug-likeness (QED) is 0.704. The van der Waals surface area contributed by atoms with Gasteiger partial charge in [-0.1, -0.05) is 11.8 Å². The minimum absolute atomic E-state index is 0.263. The highest BCUT2D eigenvalue weighted by molar-refractivity contribution is 5.68. The van der Waals surface area contributed by atoms with E-state index < -0.39 is 0 Å². The molecule has 122 valence electrons. The molecule has 0 rings (SSSR count). The maximum absolute atomic E-state index is 11.5. The summed E-state index contributed by atoms with van der Waals surface area (Å²) in [6.45, 7) is 9.45. The zero-order valence-electron chi connectivity index (χ0n) is 13.8. The lowest BCUT2D eigenvalue weighted by Gasteiger charge is -2.16. The summed E-state index contributed by atoms with van der Waals surface area (Å²) in [5.74, 6) is 10.9. The average molecular weight is 308 g/mol. The first-order valence-electron chi connectivity index (χ1n) is 7.39. The van der Waals surface area contributed by atoms with Crippen molar-refractivity contribution in [2.24, 2.45) is 0 Å². The van der Waals surface area contributed by atoms with Crippen molar-refractivity contribution in [1.29, 1.82) is 0 Å². The lowest BCUT2D eigenvalue weighted by Crippen LogP contribution is -2.31. The van der Waals surface area contributed by atoms with Crippen LogP contribution in [0.2, 0.25) is 0 Å². The molecule has 0 aromatic rings. The van der Waals surface area contributed by atoms with Crippen LogP contribution < -0.4 is 0 Å². The van der Waals surface area contributed by atoms with E-state index in [1.807, 2.05) is 13.8 Å². The Morgan fingerprint density at radius 3 is 1.41 bits per heavy atom. The number of rotatable bonds is 6. The Kier molecular flexibility index (Phi) is 11.1. The fourth-order valence-electron chi connectivity index (χ4n) is 1.40. The van der Waals surface area contributed by atoms with Crippen molar-refractivity contribution in [3.8, 4) is 23.7 Å². The number of carbonyl (C=O) groups excluding carboxylic acids is 2. The molecule has 0 saturated heterocycles. The second-order valence-corrected chi connectivity index (χ2v) is 4.03. The van der Waals surface area contributed by atoms with Gasteiger partial charge in [-0.15, -0.1) is 0 Å². The van der Waals surface area contributed by atoms with Crippen LogP contribution in [0.25, 0.3) is 0 Å². The van der Waals surface area contributed by atoms with Gasteiger partial charge in [-0.3, -0.25) is 9.80 Å². The predicted molar refractivity (Wildman–Crippen MR) is 84.1 cm³/mol. The van der Waals surface area contributed by atoms with Crippen LogP contribution in [0.1, 0.15) is 27.7 Å². The van der Waals surface area contributed by atoms with Gasteiger partial charge in [0.05, 0.1) is 26.3 Å². The first kappa shape index (κ1) is 19.7. The van der Waals surface area contributed by atoms with E-state index >= 15 is 0 Å². The van der Waals surface area contributed by atoms with Gasteiger partial charge in [0.2, 0.25) is 0 Å². The summed E-state index contributed by atoms with van der Waals surface area (Å²) in [7, 11) is 0. The maximum atomic E-state index is 11.5. The van der Waals surface area contributed by atoms with Crippen molar-refractivity contribution in [2.45, 2.75) is 27.7 Å². The lowest BCUT2D eigenvalue weighted by molar-refractivity contribution is 0.113. The average Bonchev–Trinajstić information content (AvgIpc) is 2.50. The molecule has 0 aliphatic rings. The number of amides is 2. The third-order valence-corrected chi connectivity index (χ3v) is 2.59. The molecule has 0 atom stereocenters. The van der Waals surface area contributed by atoms with Crippen LogP contribution >= 0.6 is 0 Å². The summed E-state index contributed by atoms with van der Waals surface area (Å²) in [4.78, 5) is 26.0. The summed E-state index contributed by atoms with van der Waals surface area (Å²) in [5.41, 5.74) is 0. The Morgan fingerprint density at radius 1 is 0.773 bits per heavy atom. The smallest absolute Gasteiger partial charge is 0.410 e. The number of hydrogen-bond acceptors (Lipinski definition) is 4. The summed E-state index contributed by atoms with van der Waals surface area (Å²) in [6, 6.07) is 0. The highest BCUT2D eigenvalue weighted by atomic mass is 16.6. The minimum atomic E-state index is -0.383. The van der Waals surface area contributed by atoms with E-state index in [1.54, 1.807) is 13.8 Å². The van der Waals surface area contributed by atoms with Crippen molar-refractivity contribution >= 4 is 12.2 Å². The zero-order valence-corrected chi connectivity index (χ0v) is 13.8. The van der Waals surface area contributed by atoms with Crippen LogP contribution in [0.4, 0.5) is 9.59 Å². The molecule has 0 spiro atoms. The Labute approximate surface area is 132 Å². The van der Waals surface area contributed by atoms with Gasteiger partial charge in [0.15, 0.2) is 0 Å². The van der Waals surface area contributed by atoms with Crippen LogP contribution in [0.15, 0.2) is 0 Å². The molecule has 0 saturated carbocycles. The molecule has 0 bridgehead atoms. The van der Waals surface area contributed by atoms with Gasteiger partial charge in [0.1, 0.15) is 0 Å². The van der Waals surface area contributed by atoms with Gasteiger partial charge in [0, 0.05) is 13.1 Å². The molecular weight excluding hydrogens is 284 g/mol. The molecule has 0 aromatic carbocycles. The Hall–Kier alpha value is -2.34. The summed E-state index contributed by atoms with van der Waals surface area (Å²) < 4.78 is 9.79. The van der Waals surface area contributed by atoms with Crippen LogP contribution in [0.3, 0.4) is 0 Å². The largest absolute Gasteiger partial charge is 0.450 e. The van der Waals surface area contributed by atoms with E-state index in [1.165, 1.54) is 9.80 Å². The minimum Gasteiger partial charge on any atom is -0.450 e. The second-order valence-electron chi connectivity index (χ2n) is 4.03. The molecule has 0 fully saturated rings. The third kappa shape index (κ3) is 8.06. The fraction of sp³-hybridized carbons (Fsp3) is 0.625. The summed E-state index contributed by atoms with van der Waals surface area (Å²) in [5, 5.41) is 0. The molecule has 0 heterocycles. The Morgan fingerprint density at radius 2 is 1.14 bits per heavy atom. The van der Waals surface area contributed by atoms with Crippen LogP contribution in [-0.4, -0.2) is 61.4 Å². The molecule has 0 aliphatic carbocycles. The van der Waals surface area contributed by atoms with Crippen LogP contribution in [0.5, 0.6) is 0 Å². The highest BCUT2D eigenvalue weighted by Gasteiger charge is 2.10. The van der Waals surface area contributed by atoms with Gasteiger partial charge in [-0.05, 0) is 39.5 Å². The van der Waals surface area contributed by atoms with E-state index in [0.29, 0.717) is 26.3 Å². The number of nitrogens with zero attached hydrogens (tertiary/aromatic N) is 2. The predicted octanol–water partition coefficient (Wildman–Crippen LogP) is 1.95. The van der Waals surface area contributed by atoms with Crippen molar-refractivity contribution in [1.82, 2.24) is 9.80 Å². The van der Waals surface area contributed by atoms with Gasteiger partial charge in [-0.2, -0.15) is 0 Å². The molecular formula is C16H24N2O4. The van der Waals surface area contributed by atoms with E-state index in [0.717, 1.165) is 0 Å². The monoisotopic (exact) mass is 308 g/mol. The summed E-state index contributed by atoms with van der Waals surface area (Å²) in [6.07, 6.45) is -0.765. The van der Waals surface area contributed by atoms with E-state index in [4.69, 9.17) is 9.47 Å². The van der Waals surface area contributed by atoms with Gasteiger partial charge < -0.3 is 9.47 Å². The standard InChI is InChI=1S/C16H24N2O4/c1-5-17(15(19)21-7-3)13-11-9-10-12-14-18(6-2)16(20)22-8-4/h5-8,13-14H2,1-4H3. The van der Waals surface area contributed by atoms with Gasteiger partial charge in [-0.25, -0.2) is 9.59 Å². The lowest BCUT2D eigenvalue weighted by atomic mass is 10.4. The van der Waals surface area contributed by atoms with E-state index in [2.05, 4.69) is 23.7 Å². The fourth-order valence-corrected chi connectivity index (χ4v) is 1.40. The molecule has 0 N–H and O–H groups in total. The molecule has 2 amide bonds. The van der Waals surface area contributed by atoms with Crippen molar-refractivity contribution < 1.29 is 19.1 Å². The van der Waals surface area contributed by atoms with Crippen LogP contribution in [-0.2, 0) is 9.47 Å².